The third kappa shape index (κ3) is 3.28. The van der Waals surface area contributed by atoms with Crippen LogP contribution in [0.3, 0.4) is 0 Å². The first-order chi connectivity index (χ1) is 9.11. The number of aryl methyl sites for hydroxylation is 1. The van der Waals surface area contributed by atoms with Crippen molar-refractivity contribution in [3.63, 3.8) is 0 Å². The maximum absolute atomic E-state index is 13.5. The first-order valence-corrected chi connectivity index (χ1v) is 7.78. The summed E-state index contributed by atoms with van der Waals surface area (Å²) >= 11 is 0. The predicted octanol–water partition coefficient (Wildman–Crippen LogP) is 1.32. The van der Waals surface area contributed by atoms with Crippen LogP contribution in [0.4, 0.5) is 10.1 Å². The highest BCUT2D eigenvalue weighted by molar-refractivity contribution is 7.89. The van der Waals surface area contributed by atoms with Gasteiger partial charge in [0.15, 0.2) is 0 Å². The van der Waals surface area contributed by atoms with Crippen molar-refractivity contribution in [3.8, 4) is 0 Å². The Labute approximate surface area is 119 Å². The van der Waals surface area contributed by atoms with Crippen LogP contribution in [0.2, 0.25) is 0 Å². The Kier molecular flexibility index (Phi) is 5.12. The van der Waals surface area contributed by atoms with Crippen molar-refractivity contribution < 1.29 is 17.9 Å². The lowest BCUT2D eigenvalue weighted by molar-refractivity contribution is 0.216. The molecular formula is C13H21FN2O3S. The van der Waals surface area contributed by atoms with Crippen molar-refractivity contribution in [3.05, 3.63) is 23.0 Å². The average molecular weight is 304 g/mol. The molecule has 0 radical (unpaired) electrons. The fourth-order valence-corrected chi connectivity index (χ4v) is 3.76. The molecule has 0 saturated heterocycles. The van der Waals surface area contributed by atoms with E-state index >= 15 is 0 Å². The summed E-state index contributed by atoms with van der Waals surface area (Å²) in [6, 6.07) is 0.659. The van der Waals surface area contributed by atoms with E-state index in [1.807, 2.05) is 0 Å². The summed E-state index contributed by atoms with van der Waals surface area (Å²) in [5.41, 5.74) is 5.88. The van der Waals surface area contributed by atoms with E-state index < -0.39 is 21.9 Å². The van der Waals surface area contributed by atoms with Crippen LogP contribution in [0.1, 0.15) is 25.0 Å². The lowest BCUT2D eigenvalue weighted by Crippen LogP contribution is -2.39. The van der Waals surface area contributed by atoms with Crippen LogP contribution >= 0.6 is 0 Å². The number of halogens is 1. The van der Waals surface area contributed by atoms with Gasteiger partial charge in [-0.25, -0.2) is 17.5 Å². The molecule has 2 atom stereocenters. The number of aliphatic hydroxyl groups is 1. The first-order valence-electron chi connectivity index (χ1n) is 6.30. The molecule has 0 aliphatic rings. The lowest BCUT2D eigenvalue weighted by atomic mass is 10.1. The van der Waals surface area contributed by atoms with Gasteiger partial charge < -0.3 is 10.8 Å². The zero-order valence-corrected chi connectivity index (χ0v) is 12.9. The Morgan fingerprint density at radius 1 is 1.40 bits per heavy atom. The van der Waals surface area contributed by atoms with Gasteiger partial charge in [-0.1, -0.05) is 6.92 Å². The summed E-state index contributed by atoms with van der Waals surface area (Å²) in [4.78, 5) is -0.00612. The Balaban J connectivity index is 3.27. The summed E-state index contributed by atoms with van der Waals surface area (Å²) in [6.07, 6.45) is 0. The van der Waals surface area contributed by atoms with Crippen LogP contribution in [0.15, 0.2) is 11.0 Å². The molecule has 0 fully saturated rings. The molecule has 0 bridgehead atoms. The molecule has 0 spiro atoms. The topological polar surface area (TPSA) is 92.4 Å². The minimum atomic E-state index is -3.82. The summed E-state index contributed by atoms with van der Waals surface area (Å²) in [7, 11) is -3.82. The molecule has 0 aliphatic carbocycles. The minimum absolute atomic E-state index is 0.00612. The number of sulfonamides is 1. The highest BCUT2D eigenvalue weighted by Crippen LogP contribution is 2.27. The van der Waals surface area contributed by atoms with Gasteiger partial charge in [-0.2, -0.15) is 0 Å². The average Bonchev–Trinajstić information content (AvgIpc) is 2.33. The van der Waals surface area contributed by atoms with Gasteiger partial charge in [0.2, 0.25) is 10.0 Å². The third-order valence-corrected chi connectivity index (χ3v) is 5.30. The Morgan fingerprint density at radius 2 is 1.95 bits per heavy atom. The zero-order chi connectivity index (χ0) is 15.7. The highest BCUT2D eigenvalue weighted by Gasteiger charge is 2.26. The molecule has 20 heavy (non-hydrogen) atoms. The molecule has 1 aromatic carbocycles. The van der Waals surface area contributed by atoms with Crippen LogP contribution in [0, 0.1) is 25.6 Å². The molecule has 1 rings (SSSR count). The van der Waals surface area contributed by atoms with E-state index in [9.17, 15) is 12.8 Å². The number of hydrogen-bond acceptors (Lipinski definition) is 4. The standard InChI is InChI=1S/C13H21FN2O3S/c1-7-5-11(14)12(15)9(3)13(7)20(18,19)16-10(4)8(2)6-17/h5,8,10,16-17H,6,15H2,1-4H3. The second-order valence-corrected chi connectivity index (χ2v) is 6.76. The van der Waals surface area contributed by atoms with Crippen molar-refractivity contribution in [2.24, 2.45) is 5.92 Å². The molecule has 0 aliphatic heterocycles. The number of nitrogens with one attached hydrogen (secondary N) is 1. The number of benzene rings is 1. The zero-order valence-electron chi connectivity index (χ0n) is 12.1. The molecule has 0 heterocycles. The van der Waals surface area contributed by atoms with Crippen molar-refractivity contribution in [2.75, 3.05) is 12.3 Å². The largest absolute Gasteiger partial charge is 0.396 e. The summed E-state index contributed by atoms with van der Waals surface area (Å²) in [5, 5.41) is 9.06. The van der Waals surface area contributed by atoms with Crippen molar-refractivity contribution in [1.82, 2.24) is 4.72 Å². The van der Waals surface area contributed by atoms with Gasteiger partial charge in [0.25, 0.3) is 0 Å². The molecular weight excluding hydrogens is 283 g/mol. The fourth-order valence-electron chi connectivity index (χ4n) is 1.92. The van der Waals surface area contributed by atoms with Crippen molar-refractivity contribution in [1.29, 1.82) is 0 Å². The molecule has 0 saturated carbocycles. The monoisotopic (exact) mass is 304 g/mol. The van der Waals surface area contributed by atoms with E-state index in [0.717, 1.165) is 6.07 Å². The van der Waals surface area contributed by atoms with Gasteiger partial charge in [0, 0.05) is 12.6 Å². The van der Waals surface area contributed by atoms with E-state index in [-0.39, 0.29) is 28.7 Å². The van der Waals surface area contributed by atoms with Crippen LogP contribution in [-0.2, 0) is 10.0 Å². The van der Waals surface area contributed by atoms with Crippen molar-refractivity contribution in [2.45, 2.75) is 38.6 Å². The maximum atomic E-state index is 13.5. The van der Waals surface area contributed by atoms with Gasteiger partial charge in [-0.3, -0.25) is 0 Å². The fraction of sp³-hybridized carbons (Fsp3) is 0.538. The Morgan fingerprint density at radius 3 is 2.45 bits per heavy atom. The molecule has 7 heteroatoms. The van der Waals surface area contributed by atoms with E-state index in [4.69, 9.17) is 10.8 Å². The quantitative estimate of drug-likeness (QED) is 0.715. The second kappa shape index (κ2) is 6.07. The summed E-state index contributed by atoms with van der Waals surface area (Å²) in [6.45, 7) is 6.25. The molecule has 2 unspecified atom stereocenters. The van der Waals surface area contributed by atoms with Crippen LogP contribution in [-0.4, -0.2) is 26.2 Å². The molecule has 5 nitrogen and oxygen atoms in total. The number of rotatable bonds is 5. The number of aliphatic hydroxyl groups excluding tert-OH is 1. The van der Waals surface area contributed by atoms with Gasteiger partial charge in [0.05, 0.1) is 10.6 Å². The molecule has 4 N–H and O–H groups in total. The molecule has 0 amide bonds. The highest BCUT2D eigenvalue weighted by atomic mass is 32.2. The van der Waals surface area contributed by atoms with E-state index in [1.165, 1.54) is 13.8 Å². The molecule has 0 aromatic heterocycles. The maximum Gasteiger partial charge on any atom is 0.241 e. The van der Waals surface area contributed by atoms with Gasteiger partial charge >= 0.3 is 0 Å². The van der Waals surface area contributed by atoms with Gasteiger partial charge in [-0.15, -0.1) is 0 Å². The third-order valence-electron chi connectivity index (χ3n) is 3.45. The molecule has 1 aromatic rings. The van der Waals surface area contributed by atoms with E-state index in [2.05, 4.69) is 4.72 Å². The SMILES string of the molecule is Cc1cc(F)c(N)c(C)c1S(=O)(=O)NC(C)C(C)CO. The molecule has 114 valence electrons. The first kappa shape index (κ1) is 16.9. The number of hydrogen-bond donors (Lipinski definition) is 3. The predicted molar refractivity (Wildman–Crippen MR) is 76.3 cm³/mol. The van der Waals surface area contributed by atoms with E-state index in [0.29, 0.717) is 5.56 Å². The lowest BCUT2D eigenvalue weighted by Gasteiger charge is -2.21. The van der Waals surface area contributed by atoms with Crippen LogP contribution < -0.4 is 10.5 Å². The minimum Gasteiger partial charge on any atom is -0.396 e. The second-order valence-electron chi connectivity index (χ2n) is 5.11. The van der Waals surface area contributed by atoms with E-state index in [1.54, 1.807) is 13.8 Å². The van der Waals surface area contributed by atoms with Crippen molar-refractivity contribution >= 4 is 15.7 Å². The number of nitrogens with two attached hydrogens (primary N) is 1. The van der Waals surface area contributed by atoms with Gasteiger partial charge in [-0.05, 0) is 43.9 Å². The van der Waals surface area contributed by atoms with Crippen LogP contribution in [0.25, 0.3) is 0 Å². The smallest absolute Gasteiger partial charge is 0.241 e. The number of nitrogen functional groups attached to an aromatic ring is 1. The Bertz CT molecular complexity index is 602. The summed E-state index contributed by atoms with van der Waals surface area (Å²) < 4.78 is 40.8. The summed E-state index contributed by atoms with van der Waals surface area (Å²) in [5.74, 6) is -0.862. The van der Waals surface area contributed by atoms with Crippen LogP contribution in [0.5, 0.6) is 0 Å². The Hall–Kier alpha value is -1.18. The number of anilines is 1. The normalized spacial score (nSPS) is 15.1. The van der Waals surface area contributed by atoms with Gasteiger partial charge in [0.1, 0.15) is 5.82 Å².